The highest BCUT2D eigenvalue weighted by Crippen LogP contribution is 2.51. The summed E-state index contributed by atoms with van der Waals surface area (Å²) < 4.78 is 38.1. The molecule has 3 fully saturated rings. The summed E-state index contributed by atoms with van der Waals surface area (Å²) in [5.74, 6) is -1.20. The zero-order valence-electron chi connectivity index (χ0n) is 18.7. The topological polar surface area (TPSA) is 120 Å². The molecule has 0 bridgehead atoms. The highest BCUT2D eigenvalue weighted by Gasteiger charge is 2.61. The van der Waals surface area contributed by atoms with E-state index >= 15 is 0 Å². The number of amides is 3. The number of likely N-dealkylation sites (tertiary alicyclic amines) is 1. The summed E-state index contributed by atoms with van der Waals surface area (Å²) in [5, 5.41) is 1.82. The Bertz CT molecular complexity index is 1060. The van der Waals surface area contributed by atoms with E-state index in [4.69, 9.17) is 5.73 Å². The van der Waals surface area contributed by atoms with Crippen LogP contribution in [-0.2, 0) is 19.8 Å². The van der Waals surface area contributed by atoms with E-state index in [0.717, 1.165) is 12.8 Å². The van der Waals surface area contributed by atoms with Gasteiger partial charge < -0.3 is 20.9 Å². The Labute approximate surface area is 208 Å². The quantitative estimate of drug-likeness (QED) is 0.432. The second-order valence-electron chi connectivity index (χ2n) is 9.79. The van der Waals surface area contributed by atoms with Crippen molar-refractivity contribution >= 4 is 39.3 Å². The molecule has 4 aliphatic rings. The summed E-state index contributed by atoms with van der Waals surface area (Å²) in [6, 6.07) is 5.26. The summed E-state index contributed by atoms with van der Waals surface area (Å²) in [5.41, 5.74) is 12.3. The van der Waals surface area contributed by atoms with Gasteiger partial charge in [-0.2, -0.15) is 13.2 Å². The lowest BCUT2D eigenvalue weighted by Crippen LogP contribution is -2.66. The number of hydrogen-bond acceptors (Lipinski definition) is 6. The maximum atomic E-state index is 13.5. The molecular weight excluding hydrogens is 533 g/mol. The third kappa shape index (κ3) is 4.21. The maximum absolute atomic E-state index is 13.5. The molecule has 5 N–H and O–H groups in total. The fourth-order valence-electron chi connectivity index (χ4n) is 5.88. The minimum Gasteiger partial charge on any atom is -0.345 e. The average molecular weight is 559 g/mol. The molecule has 3 aliphatic heterocycles. The number of alkyl halides is 3. The van der Waals surface area contributed by atoms with Gasteiger partial charge in [0, 0.05) is 46.7 Å². The van der Waals surface area contributed by atoms with Crippen molar-refractivity contribution in [1.29, 1.82) is 0 Å². The highest BCUT2D eigenvalue weighted by atomic mass is 79.9. The summed E-state index contributed by atoms with van der Waals surface area (Å²) in [7, 11) is 0. The van der Waals surface area contributed by atoms with Crippen molar-refractivity contribution in [3.8, 4) is 0 Å². The van der Waals surface area contributed by atoms with E-state index < -0.39 is 30.6 Å². The number of hydrazine groups is 1. The Morgan fingerprint density at radius 3 is 2.69 bits per heavy atom. The van der Waals surface area contributed by atoms with Crippen LogP contribution in [0.5, 0.6) is 0 Å². The molecule has 0 radical (unpaired) electrons. The third-order valence-electron chi connectivity index (χ3n) is 7.59. The SMILES string of the molecule is NC1NNC2CC(C(=O)N3CC4(C3)C(=O)N(CC(=O)NCC(F)(F)F)c3cccc(Br)c34)CCC12. The first kappa shape index (κ1) is 24.5. The Kier molecular flexibility index (Phi) is 6.09. The van der Waals surface area contributed by atoms with Crippen LogP contribution < -0.4 is 26.8 Å². The van der Waals surface area contributed by atoms with Crippen molar-refractivity contribution in [2.24, 2.45) is 17.6 Å². The normalized spacial score (nSPS) is 29.1. The van der Waals surface area contributed by atoms with Crippen LogP contribution >= 0.6 is 15.9 Å². The number of carbonyl (C=O) groups excluding carboxylic acids is 3. The number of halogens is 4. The minimum absolute atomic E-state index is 0.0147. The van der Waals surface area contributed by atoms with E-state index in [-0.39, 0.29) is 48.9 Å². The molecule has 2 saturated heterocycles. The lowest BCUT2D eigenvalue weighted by molar-refractivity contribution is -0.149. The number of hydrogen-bond donors (Lipinski definition) is 4. The Balaban J connectivity index is 1.30. The predicted octanol–water partition coefficient (Wildman–Crippen LogP) is 0.732. The Hall–Kier alpha value is -2.22. The number of rotatable bonds is 4. The van der Waals surface area contributed by atoms with Crippen LogP contribution in [-0.4, -0.2) is 67.2 Å². The average Bonchev–Trinajstić information content (AvgIpc) is 3.26. The summed E-state index contributed by atoms with van der Waals surface area (Å²) >= 11 is 3.49. The molecular formula is C22H26BrF3N6O3. The molecule has 4 atom stereocenters. The zero-order chi connectivity index (χ0) is 25.1. The first-order valence-corrected chi connectivity index (χ1v) is 12.3. The van der Waals surface area contributed by atoms with Gasteiger partial charge in [-0.05, 0) is 31.4 Å². The number of nitrogens with one attached hydrogen (secondary N) is 3. The third-order valence-corrected chi connectivity index (χ3v) is 8.25. The van der Waals surface area contributed by atoms with E-state index in [2.05, 4.69) is 26.8 Å². The Morgan fingerprint density at radius 2 is 1.97 bits per heavy atom. The second kappa shape index (κ2) is 8.71. The molecule has 13 heteroatoms. The smallest absolute Gasteiger partial charge is 0.345 e. The van der Waals surface area contributed by atoms with Crippen LogP contribution in [0.15, 0.2) is 22.7 Å². The van der Waals surface area contributed by atoms with Crippen molar-refractivity contribution in [3.05, 3.63) is 28.2 Å². The molecule has 0 aromatic heterocycles. The molecule has 1 saturated carbocycles. The largest absolute Gasteiger partial charge is 0.405 e. The van der Waals surface area contributed by atoms with Crippen molar-refractivity contribution in [2.45, 2.75) is 43.1 Å². The molecule has 1 aromatic carbocycles. The molecule has 1 aliphatic carbocycles. The van der Waals surface area contributed by atoms with Crippen molar-refractivity contribution in [2.75, 3.05) is 31.1 Å². The molecule has 3 amide bonds. The van der Waals surface area contributed by atoms with E-state index in [1.807, 2.05) is 5.32 Å². The summed E-state index contributed by atoms with van der Waals surface area (Å²) in [6.07, 6.45) is -2.47. The van der Waals surface area contributed by atoms with Gasteiger partial charge in [0.1, 0.15) is 18.5 Å². The van der Waals surface area contributed by atoms with Gasteiger partial charge in [0.2, 0.25) is 17.7 Å². The molecule has 3 heterocycles. The first-order chi connectivity index (χ1) is 16.5. The second-order valence-corrected chi connectivity index (χ2v) is 10.6. The number of nitrogens with two attached hydrogens (primary N) is 1. The van der Waals surface area contributed by atoms with Crippen LogP contribution in [0.4, 0.5) is 18.9 Å². The van der Waals surface area contributed by atoms with Crippen LogP contribution in [0, 0.1) is 11.8 Å². The number of nitrogens with zero attached hydrogens (tertiary/aromatic N) is 2. The lowest BCUT2D eigenvalue weighted by Gasteiger charge is -2.48. The monoisotopic (exact) mass is 558 g/mol. The van der Waals surface area contributed by atoms with Crippen LogP contribution in [0.1, 0.15) is 24.8 Å². The van der Waals surface area contributed by atoms with E-state index in [0.29, 0.717) is 22.1 Å². The number of carbonyl (C=O) groups is 3. The van der Waals surface area contributed by atoms with Crippen LogP contribution in [0.25, 0.3) is 0 Å². The maximum Gasteiger partial charge on any atom is 0.405 e. The fourth-order valence-corrected chi connectivity index (χ4v) is 6.61. The van der Waals surface area contributed by atoms with Gasteiger partial charge in [0.25, 0.3) is 0 Å². The number of benzene rings is 1. The minimum atomic E-state index is -4.55. The van der Waals surface area contributed by atoms with Gasteiger partial charge in [-0.15, -0.1) is 0 Å². The number of fused-ring (bicyclic) bond motifs is 3. The van der Waals surface area contributed by atoms with E-state index in [1.54, 1.807) is 23.1 Å². The lowest BCUT2D eigenvalue weighted by atomic mass is 9.72. The van der Waals surface area contributed by atoms with Gasteiger partial charge in [-0.25, -0.2) is 5.43 Å². The molecule has 35 heavy (non-hydrogen) atoms. The van der Waals surface area contributed by atoms with Crippen LogP contribution in [0.2, 0.25) is 0 Å². The standard InChI is InChI=1S/C22H26BrF3N6O3/c23-13-2-1-3-15-17(13)21(20(35)32(15)7-16(33)28-8-22(24,25)26)9-31(10-21)19(34)11-4-5-12-14(6-11)29-30-18(12)27/h1-3,11-12,14,18,29-30H,4-10,27H2,(H,28,33). The van der Waals surface area contributed by atoms with Gasteiger partial charge in [-0.3, -0.25) is 19.8 Å². The first-order valence-electron chi connectivity index (χ1n) is 11.5. The van der Waals surface area contributed by atoms with Crippen molar-refractivity contribution in [1.82, 2.24) is 21.1 Å². The molecule has 190 valence electrons. The molecule has 1 spiro atoms. The Morgan fingerprint density at radius 1 is 1.23 bits per heavy atom. The molecule has 1 aromatic rings. The van der Waals surface area contributed by atoms with Crippen LogP contribution in [0.3, 0.4) is 0 Å². The molecule has 5 rings (SSSR count). The summed E-state index contributed by atoms with van der Waals surface area (Å²) in [6.45, 7) is -1.67. The van der Waals surface area contributed by atoms with E-state index in [1.165, 1.54) is 4.90 Å². The molecule has 9 nitrogen and oxygen atoms in total. The van der Waals surface area contributed by atoms with Gasteiger partial charge in [0.05, 0.1) is 6.17 Å². The van der Waals surface area contributed by atoms with Crippen molar-refractivity contribution in [3.63, 3.8) is 0 Å². The van der Waals surface area contributed by atoms with Gasteiger partial charge in [-0.1, -0.05) is 22.0 Å². The molecule has 4 unspecified atom stereocenters. The van der Waals surface area contributed by atoms with Gasteiger partial charge >= 0.3 is 6.18 Å². The highest BCUT2D eigenvalue weighted by molar-refractivity contribution is 9.10. The summed E-state index contributed by atoms with van der Waals surface area (Å²) in [4.78, 5) is 41.9. The number of anilines is 1. The van der Waals surface area contributed by atoms with Crippen molar-refractivity contribution < 1.29 is 27.6 Å². The van der Waals surface area contributed by atoms with Gasteiger partial charge in [0.15, 0.2) is 0 Å². The zero-order valence-corrected chi connectivity index (χ0v) is 20.3. The fraction of sp³-hybridized carbons (Fsp3) is 0.591. The van der Waals surface area contributed by atoms with E-state index in [9.17, 15) is 27.6 Å². The predicted molar refractivity (Wildman–Crippen MR) is 123 cm³/mol.